The molecule has 0 bridgehead atoms. The SMILES string of the molecule is CCCCCCCCCCCCCCCCOc1ccccc1.[H-].[H-].[Na+].[Na+]. The van der Waals surface area contributed by atoms with Crippen molar-refractivity contribution in [3.63, 3.8) is 0 Å². The van der Waals surface area contributed by atoms with Crippen molar-refractivity contribution < 1.29 is 66.7 Å². The van der Waals surface area contributed by atoms with Gasteiger partial charge in [0.1, 0.15) is 5.75 Å². The van der Waals surface area contributed by atoms with E-state index in [0.29, 0.717) is 0 Å². The van der Waals surface area contributed by atoms with Crippen molar-refractivity contribution in [3.8, 4) is 5.75 Å². The average molecular weight is 367 g/mol. The third-order valence-corrected chi connectivity index (χ3v) is 4.51. The van der Waals surface area contributed by atoms with Gasteiger partial charge in [-0.1, -0.05) is 109 Å². The number of ether oxygens (including phenoxy) is 1. The molecule has 3 heteroatoms. The minimum atomic E-state index is 0. The van der Waals surface area contributed by atoms with Crippen LogP contribution in [0.3, 0.4) is 0 Å². The quantitative estimate of drug-likeness (QED) is 0.320. The van der Waals surface area contributed by atoms with Gasteiger partial charge in [0.25, 0.3) is 0 Å². The maximum atomic E-state index is 5.71. The van der Waals surface area contributed by atoms with Gasteiger partial charge in [0.2, 0.25) is 0 Å². The van der Waals surface area contributed by atoms with Gasteiger partial charge in [-0.15, -0.1) is 0 Å². The second-order valence-corrected chi connectivity index (χ2v) is 6.76. The van der Waals surface area contributed by atoms with Crippen LogP contribution in [0.25, 0.3) is 0 Å². The van der Waals surface area contributed by atoms with E-state index in [-0.39, 0.29) is 62.0 Å². The van der Waals surface area contributed by atoms with Crippen LogP contribution in [0.2, 0.25) is 0 Å². The average Bonchev–Trinajstić information content (AvgIpc) is 2.59. The van der Waals surface area contributed by atoms with E-state index in [1.165, 1.54) is 89.9 Å². The van der Waals surface area contributed by atoms with E-state index in [9.17, 15) is 0 Å². The molecule has 0 amide bonds. The summed E-state index contributed by atoms with van der Waals surface area (Å²) in [6.07, 6.45) is 19.7. The smallest absolute Gasteiger partial charge is 1.00 e. The molecule has 0 aromatic heterocycles. The van der Waals surface area contributed by atoms with E-state index in [2.05, 4.69) is 6.92 Å². The molecule has 0 heterocycles. The number of rotatable bonds is 16. The molecular formula is C22H40Na2O. The maximum absolute atomic E-state index is 5.71. The Kier molecular flexibility index (Phi) is 26.0. The minimum Gasteiger partial charge on any atom is -1.00 e. The van der Waals surface area contributed by atoms with E-state index in [1.807, 2.05) is 30.3 Å². The molecule has 1 nitrogen and oxygen atoms in total. The Balaban J connectivity index is -0.000000661. The molecule has 1 rings (SSSR count). The van der Waals surface area contributed by atoms with Crippen LogP contribution in [0.5, 0.6) is 5.75 Å². The van der Waals surface area contributed by atoms with Crippen LogP contribution in [0, 0.1) is 0 Å². The van der Waals surface area contributed by atoms with Crippen LogP contribution in [-0.4, -0.2) is 6.61 Å². The molecular weight excluding hydrogens is 326 g/mol. The number of hydrogen-bond donors (Lipinski definition) is 0. The molecule has 0 aliphatic rings. The van der Waals surface area contributed by atoms with Gasteiger partial charge in [-0.05, 0) is 18.6 Å². The van der Waals surface area contributed by atoms with Gasteiger partial charge in [0.15, 0.2) is 0 Å². The largest absolute Gasteiger partial charge is 1.00 e. The summed E-state index contributed by atoms with van der Waals surface area (Å²) in [6.45, 7) is 3.15. The van der Waals surface area contributed by atoms with Crippen LogP contribution in [0.4, 0.5) is 0 Å². The molecule has 0 radical (unpaired) electrons. The zero-order valence-electron chi connectivity index (χ0n) is 19.4. The van der Waals surface area contributed by atoms with Gasteiger partial charge in [-0.25, -0.2) is 0 Å². The summed E-state index contributed by atoms with van der Waals surface area (Å²) < 4.78 is 5.71. The molecule has 0 aliphatic carbocycles. The zero-order valence-corrected chi connectivity index (χ0v) is 21.4. The Morgan fingerprint density at radius 1 is 0.600 bits per heavy atom. The Morgan fingerprint density at radius 2 is 1.00 bits per heavy atom. The van der Waals surface area contributed by atoms with Gasteiger partial charge >= 0.3 is 59.1 Å². The van der Waals surface area contributed by atoms with Crippen LogP contribution < -0.4 is 63.9 Å². The normalized spacial score (nSPS) is 9.96. The second kappa shape index (κ2) is 23.1. The fourth-order valence-electron chi connectivity index (χ4n) is 3.00. The van der Waals surface area contributed by atoms with Crippen LogP contribution >= 0.6 is 0 Å². The monoisotopic (exact) mass is 366 g/mol. The van der Waals surface area contributed by atoms with Gasteiger partial charge in [0.05, 0.1) is 6.61 Å². The minimum absolute atomic E-state index is 0. The third-order valence-electron chi connectivity index (χ3n) is 4.51. The van der Waals surface area contributed by atoms with Crippen LogP contribution in [0.1, 0.15) is 99.7 Å². The van der Waals surface area contributed by atoms with Crippen LogP contribution in [-0.2, 0) is 0 Å². The first-order valence-electron chi connectivity index (χ1n) is 10.1. The van der Waals surface area contributed by atoms with E-state index >= 15 is 0 Å². The predicted octanol–water partition coefficient (Wildman–Crippen LogP) is 1.78. The molecule has 136 valence electrons. The van der Waals surface area contributed by atoms with Crippen molar-refractivity contribution >= 4 is 0 Å². The summed E-state index contributed by atoms with van der Waals surface area (Å²) >= 11 is 0. The summed E-state index contributed by atoms with van der Waals surface area (Å²) in [7, 11) is 0. The molecule has 25 heavy (non-hydrogen) atoms. The molecule has 0 fully saturated rings. The van der Waals surface area contributed by atoms with Crippen molar-refractivity contribution in [3.05, 3.63) is 30.3 Å². The van der Waals surface area contributed by atoms with E-state index in [0.717, 1.165) is 12.4 Å². The summed E-state index contributed by atoms with van der Waals surface area (Å²) in [6, 6.07) is 10.1. The van der Waals surface area contributed by atoms with Crippen molar-refractivity contribution in [1.82, 2.24) is 0 Å². The number of hydrogen-bond acceptors (Lipinski definition) is 1. The summed E-state index contributed by atoms with van der Waals surface area (Å²) in [5.74, 6) is 1.00. The molecule has 0 unspecified atom stereocenters. The Labute approximate surface area is 204 Å². The molecule has 0 aliphatic heterocycles. The maximum Gasteiger partial charge on any atom is 1.00 e. The zero-order chi connectivity index (χ0) is 16.4. The van der Waals surface area contributed by atoms with E-state index in [4.69, 9.17) is 4.74 Å². The Morgan fingerprint density at radius 3 is 1.44 bits per heavy atom. The first-order chi connectivity index (χ1) is 11.4. The third kappa shape index (κ3) is 19.6. The molecule has 0 spiro atoms. The van der Waals surface area contributed by atoms with Gasteiger partial charge in [-0.2, -0.15) is 0 Å². The first-order valence-corrected chi connectivity index (χ1v) is 10.1. The molecule has 0 saturated carbocycles. The van der Waals surface area contributed by atoms with E-state index < -0.39 is 0 Å². The molecule has 1 aromatic carbocycles. The number of unbranched alkanes of at least 4 members (excludes halogenated alkanes) is 13. The Bertz CT molecular complexity index is 353. The first kappa shape index (κ1) is 28.2. The fourth-order valence-corrected chi connectivity index (χ4v) is 3.00. The number of para-hydroxylation sites is 1. The topological polar surface area (TPSA) is 9.23 Å². The predicted molar refractivity (Wildman–Crippen MR) is 104 cm³/mol. The van der Waals surface area contributed by atoms with Gasteiger partial charge in [0, 0.05) is 0 Å². The summed E-state index contributed by atoms with van der Waals surface area (Å²) in [5, 5.41) is 0. The van der Waals surface area contributed by atoms with Crippen molar-refractivity contribution in [1.29, 1.82) is 0 Å². The van der Waals surface area contributed by atoms with Gasteiger partial charge in [-0.3, -0.25) is 0 Å². The molecule has 0 N–H and O–H groups in total. The number of benzene rings is 1. The standard InChI is InChI=1S/C22H38O.2Na.2H/c1-2-3-4-5-6-7-8-9-10-11-12-13-14-18-21-23-22-19-16-15-17-20-22;;;;/h15-17,19-20H,2-14,18,21H2,1H3;;;;/q;2*+1;2*-1. The second-order valence-electron chi connectivity index (χ2n) is 6.76. The molecule has 0 atom stereocenters. The summed E-state index contributed by atoms with van der Waals surface area (Å²) in [5.41, 5.74) is 0. The fraction of sp³-hybridized carbons (Fsp3) is 0.727. The van der Waals surface area contributed by atoms with Crippen molar-refractivity contribution in [2.45, 2.75) is 96.8 Å². The molecule has 1 aromatic rings. The van der Waals surface area contributed by atoms with E-state index in [1.54, 1.807) is 0 Å². The van der Waals surface area contributed by atoms with Crippen molar-refractivity contribution in [2.75, 3.05) is 6.61 Å². The van der Waals surface area contributed by atoms with Crippen molar-refractivity contribution in [2.24, 2.45) is 0 Å². The molecule has 0 saturated heterocycles. The summed E-state index contributed by atoms with van der Waals surface area (Å²) in [4.78, 5) is 0. The van der Waals surface area contributed by atoms with Crippen LogP contribution in [0.15, 0.2) is 30.3 Å². The Hall–Kier alpha value is 1.02. The van der Waals surface area contributed by atoms with Gasteiger partial charge < -0.3 is 7.59 Å².